The number of carbonyl (C=O) groups excluding carboxylic acids is 1. The van der Waals surface area contributed by atoms with Gasteiger partial charge in [0.2, 0.25) is 0 Å². The van der Waals surface area contributed by atoms with Gasteiger partial charge in [-0.1, -0.05) is 23.7 Å². The fourth-order valence-corrected chi connectivity index (χ4v) is 3.59. The highest BCUT2D eigenvalue weighted by Crippen LogP contribution is 2.33. The molecule has 0 aromatic heterocycles. The summed E-state index contributed by atoms with van der Waals surface area (Å²) in [7, 11) is 0. The van der Waals surface area contributed by atoms with Gasteiger partial charge in [-0.25, -0.2) is 9.79 Å². The van der Waals surface area contributed by atoms with Crippen LogP contribution in [0, 0.1) is 6.92 Å². The summed E-state index contributed by atoms with van der Waals surface area (Å²) >= 11 is 7.25. The summed E-state index contributed by atoms with van der Waals surface area (Å²) < 4.78 is 10.8. The van der Waals surface area contributed by atoms with Gasteiger partial charge < -0.3 is 19.9 Å². The number of nitrogens with one attached hydrogen (secondary N) is 1. The SMILES string of the molecule is CCOc1cc(/C=C2\SC(=Nc3cc(Cl)ccc3C)NC2=O)ccc1OCC(=O)O. The molecule has 156 valence electrons. The number of halogens is 1. The lowest BCUT2D eigenvalue weighted by Crippen LogP contribution is -2.19. The molecule has 0 aliphatic carbocycles. The molecule has 1 saturated heterocycles. The van der Waals surface area contributed by atoms with Crippen LogP contribution in [0.5, 0.6) is 11.5 Å². The van der Waals surface area contributed by atoms with Gasteiger partial charge in [0.05, 0.1) is 17.2 Å². The Hall–Kier alpha value is -2.97. The number of carboxylic acids is 1. The van der Waals surface area contributed by atoms with Crippen molar-refractivity contribution in [3.05, 3.63) is 57.5 Å². The molecule has 30 heavy (non-hydrogen) atoms. The number of thioether (sulfide) groups is 1. The summed E-state index contributed by atoms with van der Waals surface area (Å²) in [4.78, 5) is 28.0. The lowest BCUT2D eigenvalue weighted by Gasteiger charge is -2.11. The molecular weight excluding hydrogens is 428 g/mol. The average Bonchev–Trinajstić information content (AvgIpc) is 3.03. The van der Waals surface area contributed by atoms with Gasteiger partial charge in [0.15, 0.2) is 23.3 Å². The Bertz CT molecular complexity index is 1050. The van der Waals surface area contributed by atoms with Crippen LogP contribution in [-0.2, 0) is 9.59 Å². The van der Waals surface area contributed by atoms with E-state index in [9.17, 15) is 9.59 Å². The number of ether oxygens (including phenoxy) is 2. The van der Waals surface area contributed by atoms with Crippen molar-refractivity contribution in [2.24, 2.45) is 4.99 Å². The molecule has 0 radical (unpaired) electrons. The molecule has 1 fully saturated rings. The van der Waals surface area contributed by atoms with Gasteiger partial charge in [-0.05, 0) is 67.1 Å². The molecule has 1 heterocycles. The first-order chi connectivity index (χ1) is 14.4. The standard InChI is InChI=1S/C21H19ClN2O5S/c1-3-28-17-8-13(5-7-16(17)29-11-19(25)26)9-18-20(27)24-21(30-18)23-15-10-14(22)6-4-12(15)2/h4-10H,3,11H2,1-2H3,(H,25,26)(H,23,24,27)/b18-9-. The Morgan fingerprint density at radius 2 is 2.03 bits per heavy atom. The number of aliphatic imine (C=N–C) groups is 1. The first-order valence-corrected chi connectivity index (χ1v) is 10.2. The molecule has 0 saturated carbocycles. The van der Waals surface area contributed by atoms with Crippen LogP contribution < -0.4 is 14.8 Å². The third-order valence-corrected chi connectivity index (χ3v) is 5.11. The van der Waals surface area contributed by atoms with E-state index in [0.717, 1.165) is 5.56 Å². The average molecular weight is 447 g/mol. The van der Waals surface area contributed by atoms with E-state index in [4.69, 9.17) is 26.2 Å². The zero-order valence-corrected chi connectivity index (χ0v) is 17.8. The normalized spacial score (nSPS) is 16.0. The minimum Gasteiger partial charge on any atom is -0.490 e. The second kappa shape index (κ2) is 9.69. The quantitative estimate of drug-likeness (QED) is 0.612. The van der Waals surface area contributed by atoms with Crippen molar-refractivity contribution >= 4 is 52.2 Å². The number of benzene rings is 2. The van der Waals surface area contributed by atoms with Crippen LogP contribution in [0.4, 0.5) is 5.69 Å². The lowest BCUT2D eigenvalue weighted by atomic mass is 10.2. The fraction of sp³-hybridized carbons (Fsp3) is 0.190. The lowest BCUT2D eigenvalue weighted by molar-refractivity contribution is -0.139. The van der Waals surface area contributed by atoms with Gasteiger partial charge >= 0.3 is 5.97 Å². The van der Waals surface area contributed by atoms with E-state index in [0.29, 0.717) is 44.5 Å². The molecular formula is C21H19ClN2O5S. The Labute approximate surface area is 182 Å². The van der Waals surface area contributed by atoms with Crippen molar-refractivity contribution in [2.45, 2.75) is 13.8 Å². The monoisotopic (exact) mass is 446 g/mol. The highest BCUT2D eigenvalue weighted by atomic mass is 35.5. The van der Waals surface area contributed by atoms with E-state index < -0.39 is 12.6 Å². The smallest absolute Gasteiger partial charge is 0.341 e. The van der Waals surface area contributed by atoms with E-state index in [2.05, 4.69) is 10.3 Å². The number of carbonyl (C=O) groups is 2. The van der Waals surface area contributed by atoms with Crippen LogP contribution >= 0.6 is 23.4 Å². The van der Waals surface area contributed by atoms with Crippen LogP contribution in [0.25, 0.3) is 6.08 Å². The van der Waals surface area contributed by atoms with E-state index in [1.807, 2.05) is 19.9 Å². The third-order valence-electron chi connectivity index (χ3n) is 3.96. The maximum Gasteiger partial charge on any atom is 0.341 e. The first-order valence-electron chi connectivity index (χ1n) is 9.03. The number of carboxylic acid groups (broad SMARTS) is 1. The summed E-state index contributed by atoms with van der Waals surface area (Å²) in [6, 6.07) is 10.4. The molecule has 1 aliphatic heterocycles. The topological polar surface area (TPSA) is 97.2 Å². The zero-order valence-electron chi connectivity index (χ0n) is 16.3. The van der Waals surface area contributed by atoms with E-state index in [1.54, 1.807) is 36.4 Å². The Morgan fingerprint density at radius 1 is 1.23 bits per heavy atom. The summed E-state index contributed by atoms with van der Waals surface area (Å²) in [6.07, 6.45) is 1.71. The molecule has 2 aromatic rings. The molecule has 2 aromatic carbocycles. The zero-order chi connectivity index (χ0) is 21.7. The van der Waals surface area contributed by atoms with Crippen LogP contribution in [0.1, 0.15) is 18.1 Å². The first kappa shape index (κ1) is 21.7. The molecule has 2 N–H and O–H groups in total. The number of aryl methyl sites for hydroxylation is 1. The van der Waals surface area contributed by atoms with Gasteiger partial charge in [0, 0.05) is 5.02 Å². The summed E-state index contributed by atoms with van der Waals surface area (Å²) in [5.41, 5.74) is 2.33. The number of rotatable bonds is 7. The Balaban J connectivity index is 1.83. The summed E-state index contributed by atoms with van der Waals surface area (Å²) in [6.45, 7) is 3.64. The number of nitrogens with zero attached hydrogens (tertiary/aromatic N) is 1. The third kappa shape index (κ3) is 5.55. The van der Waals surface area contributed by atoms with Gasteiger partial charge in [-0.2, -0.15) is 0 Å². The number of aliphatic carboxylic acids is 1. The number of amides is 1. The molecule has 1 amide bonds. The Morgan fingerprint density at radius 3 is 2.77 bits per heavy atom. The predicted molar refractivity (Wildman–Crippen MR) is 118 cm³/mol. The second-order valence-electron chi connectivity index (χ2n) is 6.23. The van der Waals surface area contributed by atoms with Gasteiger partial charge in [-0.15, -0.1) is 0 Å². The van der Waals surface area contributed by atoms with E-state index in [1.165, 1.54) is 11.8 Å². The minimum absolute atomic E-state index is 0.261. The van der Waals surface area contributed by atoms with Crippen LogP contribution in [-0.4, -0.2) is 35.4 Å². The van der Waals surface area contributed by atoms with Crippen molar-refractivity contribution in [1.29, 1.82) is 0 Å². The maximum atomic E-state index is 12.4. The number of hydrogen-bond donors (Lipinski definition) is 2. The number of amidine groups is 1. The number of hydrogen-bond acceptors (Lipinski definition) is 6. The molecule has 3 rings (SSSR count). The second-order valence-corrected chi connectivity index (χ2v) is 7.70. The molecule has 9 heteroatoms. The highest BCUT2D eigenvalue weighted by molar-refractivity contribution is 8.18. The minimum atomic E-state index is -1.08. The maximum absolute atomic E-state index is 12.4. The molecule has 0 atom stereocenters. The van der Waals surface area contributed by atoms with Crippen LogP contribution in [0.3, 0.4) is 0 Å². The summed E-state index contributed by atoms with van der Waals surface area (Å²) in [5.74, 6) is -0.615. The van der Waals surface area contributed by atoms with Crippen molar-refractivity contribution < 1.29 is 24.2 Å². The van der Waals surface area contributed by atoms with Gasteiger partial charge in [-0.3, -0.25) is 4.79 Å². The van der Waals surface area contributed by atoms with E-state index in [-0.39, 0.29) is 5.91 Å². The highest BCUT2D eigenvalue weighted by Gasteiger charge is 2.24. The van der Waals surface area contributed by atoms with Crippen molar-refractivity contribution in [2.75, 3.05) is 13.2 Å². The van der Waals surface area contributed by atoms with E-state index >= 15 is 0 Å². The predicted octanol–water partition coefficient (Wildman–Crippen LogP) is 4.40. The molecule has 1 aliphatic rings. The fourth-order valence-electron chi connectivity index (χ4n) is 2.59. The Kier molecular flexibility index (Phi) is 7.02. The van der Waals surface area contributed by atoms with Crippen molar-refractivity contribution in [3.63, 3.8) is 0 Å². The van der Waals surface area contributed by atoms with Crippen LogP contribution in [0.2, 0.25) is 5.02 Å². The van der Waals surface area contributed by atoms with Crippen LogP contribution in [0.15, 0.2) is 46.3 Å². The summed E-state index contributed by atoms with van der Waals surface area (Å²) in [5, 5.41) is 12.6. The van der Waals surface area contributed by atoms with Crippen molar-refractivity contribution in [3.8, 4) is 11.5 Å². The molecule has 0 unspecified atom stereocenters. The molecule has 7 nitrogen and oxygen atoms in total. The molecule has 0 spiro atoms. The largest absolute Gasteiger partial charge is 0.490 e. The molecule has 0 bridgehead atoms. The van der Waals surface area contributed by atoms with Gasteiger partial charge in [0.1, 0.15) is 0 Å². The van der Waals surface area contributed by atoms with Gasteiger partial charge in [0.25, 0.3) is 5.91 Å². The van der Waals surface area contributed by atoms with Crippen molar-refractivity contribution in [1.82, 2.24) is 5.32 Å².